The summed E-state index contributed by atoms with van der Waals surface area (Å²) in [6.07, 6.45) is 2.40. The van der Waals surface area contributed by atoms with Crippen molar-refractivity contribution in [2.75, 3.05) is 38.0 Å². The summed E-state index contributed by atoms with van der Waals surface area (Å²) >= 11 is 7.68. The zero-order valence-electron chi connectivity index (χ0n) is 17.7. The van der Waals surface area contributed by atoms with Crippen LogP contribution in [0.2, 0.25) is 5.02 Å². The lowest BCUT2D eigenvalue weighted by Gasteiger charge is -2.19. The molecular formula is C22H26ClN3O4S. The average Bonchev–Trinajstić information content (AvgIpc) is 2.75. The van der Waals surface area contributed by atoms with Crippen LogP contribution in [0.5, 0.6) is 5.75 Å². The molecule has 0 saturated carbocycles. The maximum Gasteiger partial charge on any atom is 0.259 e. The summed E-state index contributed by atoms with van der Waals surface area (Å²) < 4.78 is 5.43. The molecule has 3 amide bonds. The number of carbonyl (C=O) groups is 3. The average molecular weight is 464 g/mol. The largest absolute Gasteiger partial charge is 0.484 e. The molecule has 0 saturated heterocycles. The molecule has 2 N–H and O–H groups in total. The second kappa shape index (κ2) is 12.2. The minimum Gasteiger partial charge on any atom is -0.484 e. The minimum absolute atomic E-state index is 0.0659. The van der Waals surface area contributed by atoms with Gasteiger partial charge in [-0.15, -0.1) is 0 Å². The van der Waals surface area contributed by atoms with Crippen LogP contribution in [-0.2, 0) is 9.59 Å². The highest BCUT2D eigenvalue weighted by Crippen LogP contribution is 2.18. The summed E-state index contributed by atoms with van der Waals surface area (Å²) in [6.45, 7) is -0.0659. The molecule has 2 rings (SSSR count). The molecule has 0 fully saturated rings. The van der Waals surface area contributed by atoms with E-state index in [1.807, 2.05) is 6.26 Å². The van der Waals surface area contributed by atoms with Gasteiger partial charge < -0.3 is 20.3 Å². The highest BCUT2D eigenvalue weighted by molar-refractivity contribution is 7.98. The molecule has 7 nitrogen and oxygen atoms in total. The van der Waals surface area contributed by atoms with Crippen LogP contribution in [0, 0.1) is 0 Å². The van der Waals surface area contributed by atoms with Crippen molar-refractivity contribution in [3.8, 4) is 5.75 Å². The Balaban J connectivity index is 2.00. The summed E-state index contributed by atoms with van der Waals surface area (Å²) in [5, 5.41) is 5.90. The molecule has 2 aromatic rings. The van der Waals surface area contributed by atoms with Gasteiger partial charge in [0.1, 0.15) is 11.8 Å². The highest BCUT2D eigenvalue weighted by atomic mass is 35.5. The van der Waals surface area contributed by atoms with E-state index in [0.717, 1.165) is 0 Å². The molecule has 1 atom stereocenters. The van der Waals surface area contributed by atoms with Crippen LogP contribution in [0.4, 0.5) is 5.69 Å². The number of nitrogens with one attached hydrogen (secondary N) is 2. The van der Waals surface area contributed by atoms with Crippen LogP contribution < -0.4 is 15.4 Å². The molecule has 0 heterocycles. The molecule has 0 aromatic heterocycles. The fourth-order valence-electron chi connectivity index (χ4n) is 2.52. The van der Waals surface area contributed by atoms with Crippen molar-refractivity contribution in [3.05, 3.63) is 59.1 Å². The van der Waals surface area contributed by atoms with Crippen molar-refractivity contribution in [3.63, 3.8) is 0 Å². The van der Waals surface area contributed by atoms with Crippen molar-refractivity contribution in [1.82, 2.24) is 10.2 Å². The van der Waals surface area contributed by atoms with Gasteiger partial charge in [0.2, 0.25) is 5.91 Å². The van der Waals surface area contributed by atoms with Gasteiger partial charge >= 0.3 is 0 Å². The number of thioether (sulfide) groups is 1. The van der Waals surface area contributed by atoms with Gasteiger partial charge in [0.25, 0.3) is 11.8 Å². The fraction of sp³-hybridized carbons (Fsp3) is 0.318. The number of hydrogen-bond acceptors (Lipinski definition) is 5. The number of rotatable bonds is 10. The molecular weight excluding hydrogens is 438 g/mol. The van der Waals surface area contributed by atoms with Crippen molar-refractivity contribution < 1.29 is 19.1 Å². The van der Waals surface area contributed by atoms with E-state index < -0.39 is 11.9 Å². The lowest BCUT2D eigenvalue weighted by molar-refractivity contribution is -0.130. The van der Waals surface area contributed by atoms with Crippen molar-refractivity contribution in [1.29, 1.82) is 0 Å². The van der Waals surface area contributed by atoms with Gasteiger partial charge in [0.15, 0.2) is 6.61 Å². The van der Waals surface area contributed by atoms with Crippen LogP contribution in [-0.4, -0.2) is 61.4 Å². The Bertz CT molecular complexity index is 906. The third-order valence-electron chi connectivity index (χ3n) is 4.33. The normalized spacial score (nSPS) is 11.4. The molecule has 0 spiro atoms. The second-order valence-corrected chi connectivity index (χ2v) is 8.27. The Hall–Kier alpha value is -2.71. The number of carbonyl (C=O) groups excluding carboxylic acids is 3. The van der Waals surface area contributed by atoms with E-state index in [1.165, 1.54) is 4.90 Å². The molecule has 1 unspecified atom stereocenters. The van der Waals surface area contributed by atoms with E-state index in [4.69, 9.17) is 16.3 Å². The molecule has 0 bridgehead atoms. The third-order valence-corrected chi connectivity index (χ3v) is 5.31. The number of hydrogen-bond donors (Lipinski definition) is 2. The zero-order valence-corrected chi connectivity index (χ0v) is 19.3. The van der Waals surface area contributed by atoms with E-state index in [0.29, 0.717) is 34.2 Å². The fourth-order valence-corrected chi connectivity index (χ4v) is 3.22. The summed E-state index contributed by atoms with van der Waals surface area (Å²) in [4.78, 5) is 38.4. The predicted molar refractivity (Wildman–Crippen MR) is 125 cm³/mol. The highest BCUT2D eigenvalue weighted by Gasteiger charge is 2.22. The molecule has 0 aliphatic carbocycles. The number of anilines is 1. The van der Waals surface area contributed by atoms with Gasteiger partial charge in [-0.25, -0.2) is 0 Å². The van der Waals surface area contributed by atoms with E-state index in [-0.39, 0.29) is 18.4 Å². The first kappa shape index (κ1) is 24.6. The van der Waals surface area contributed by atoms with E-state index in [9.17, 15) is 14.4 Å². The Morgan fingerprint density at radius 1 is 1.10 bits per heavy atom. The van der Waals surface area contributed by atoms with E-state index in [2.05, 4.69) is 10.6 Å². The van der Waals surface area contributed by atoms with Crippen LogP contribution in [0.25, 0.3) is 0 Å². The van der Waals surface area contributed by atoms with Crippen molar-refractivity contribution in [2.45, 2.75) is 12.5 Å². The van der Waals surface area contributed by atoms with Crippen LogP contribution in [0.3, 0.4) is 0 Å². The van der Waals surface area contributed by atoms with Gasteiger partial charge in [-0.3, -0.25) is 14.4 Å². The zero-order chi connectivity index (χ0) is 22.8. The topological polar surface area (TPSA) is 87.7 Å². The Kier molecular flexibility index (Phi) is 9.68. The maximum atomic E-state index is 12.8. The van der Waals surface area contributed by atoms with Gasteiger partial charge in [-0.1, -0.05) is 23.7 Å². The molecule has 9 heteroatoms. The van der Waals surface area contributed by atoms with E-state index >= 15 is 0 Å². The molecule has 0 aliphatic rings. The van der Waals surface area contributed by atoms with Gasteiger partial charge in [-0.05, 0) is 54.8 Å². The van der Waals surface area contributed by atoms with Gasteiger partial charge in [0, 0.05) is 19.8 Å². The number of likely N-dealkylation sites (N-methyl/N-ethyl adjacent to an activating group) is 1. The van der Waals surface area contributed by atoms with Gasteiger partial charge in [0.05, 0.1) is 10.6 Å². The summed E-state index contributed by atoms with van der Waals surface area (Å²) in [6, 6.07) is 12.7. The Labute approximate surface area is 191 Å². The van der Waals surface area contributed by atoms with Crippen LogP contribution >= 0.6 is 23.4 Å². The predicted octanol–water partition coefficient (Wildman–Crippen LogP) is 3.30. The Morgan fingerprint density at radius 3 is 2.39 bits per heavy atom. The van der Waals surface area contributed by atoms with Crippen LogP contribution in [0.15, 0.2) is 48.5 Å². The number of benzene rings is 2. The number of ether oxygens (including phenoxy) is 1. The minimum atomic E-state index is -0.718. The molecule has 166 valence electrons. The molecule has 0 aliphatic heterocycles. The standard InChI is InChI=1S/C22H26ClN3O4S/c1-26(2)20(27)14-30-16-10-8-15(9-11-16)24-22(29)19(12-13-31-3)25-21(28)17-6-4-5-7-18(17)23/h4-11,19H,12-14H2,1-3H3,(H,24,29)(H,25,28). The lowest BCUT2D eigenvalue weighted by Crippen LogP contribution is -2.44. The first-order valence-corrected chi connectivity index (χ1v) is 11.4. The summed E-state index contributed by atoms with van der Waals surface area (Å²) in [5.74, 6) is 0.336. The Morgan fingerprint density at radius 2 is 1.77 bits per heavy atom. The summed E-state index contributed by atoms with van der Waals surface area (Å²) in [7, 11) is 3.31. The number of amides is 3. The molecule has 0 radical (unpaired) electrons. The number of halogens is 1. The van der Waals surface area contributed by atoms with Crippen molar-refractivity contribution in [2.24, 2.45) is 0 Å². The SMILES string of the molecule is CSCCC(NC(=O)c1ccccc1Cl)C(=O)Nc1ccc(OCC(=O)N(C)C)cc1. The quantitative estimate of drug-likeness (QED) is 0.564. The van der Waals surface area contributed by atoms with E-state index in [1.54, 1.807) is 74.4 Å². The molecule has 2 aromatic carbocycles. The summed E-state index contributed by atoms with van der Waals surface area (Å²) in [5.41, 5.74) is 0.873. The lowest BCUT2D eigenvalue weighted by atomic mass is 10.1. The van der Waals surface area contributed by atoms with Crippen LogP contribution in [0.1, 0.15) is 16.8 Å². The van der Waals surface area contributed by atoms with Gasteiger partial charge in [-0.2, -0.15) is 11.8 Å². The maximum absolute atomic E-state index is 12.8. The third kappa shape index (κ3) is 7.80. The second-order valence-electron chi connectivity index (χ2n) is 6.88. The smallest absolute Gasteiger partial charge is 0.259 e. The molecule has 31 heavy (non-hydrogen) atoms. The monoisotopic (exact) mass is 463 g/mol. The van der Waals surface area contributed by atoms with Crippen molar-refractivity contribution >= 4 is 46.8 Å². The first-order chi connectivity index (χ1) is 14.8. The number of nitrogens with zero attached hydrogens (tertiary/aromatic N) is 1. The first-order valence-electron chi connectivity index (χ1n) is 9.60.